The summed E-state index contributed by atoms with van der Waals surface area (Å²) >= 11 is 0. The maximum absolute atomic E-state index is 13.8. The van der Waals surface area contributed by atoms with Gasteiger partial charge in [0.2, 0.25) is 23.6 Å². The number of imide groups is 1. The number of ketones is 3. The van der Waals surface area contributed by atoms with Crippen molar-refractivity contribution in [1.82, 2.24) is 35.1 Å². The largest absolute Gasteiger partial charge is 0.480 e. The van der Waals surface area contributed by atoms with Crippen LogP contribution in [-0.4, -0.2) is 205 Å². The van der Waals surface area contributed by atoms with Crippen LogP contribution in [0.25, 0.3) is 0 Å². The number of rotatable bonds is 41. The Balaban J connectivity index is 0.000000564. The van der Waals surface area contributed by atoms with Crippen LogP contribution in [0.4, 0.5) is 15.3 Å². The fourth-order valence-corrected chi connectivity index (χ4v) is 13.2. The van der Waals surface area contributed by atoms with Gasteiger partial charge in [-0.2, -0.15) is 0 Å². The summed E-state index contributed by atoms with van der Waals surface area (Å²) in [4.78, 5) is 160. The summed E-state index contributed by atoms with van der Waals surface area (Å²) in [5.74, 6) is -5.49. The fraction of sp³-hybridized carbons (Fsp3) is 0.644. The van der Waals surface area contributed by atoms with E-state index in [-0.39, 0.29) is 135 Å². The topological polar surface area (TPSA) is 331 Å². The van der Waals surface area contributed by atoms with Gasteiger partial charge in [-0.3, -0.25) is 48.1 Å². The van der Waals surface area contributed by atoms with Gasteiger partial charge in [-0.05, 0) is 106 Å². The summed E-state index contributed by atoms with van der Waals surface area (Å²) in [5.41, 5.74) is 7.07. The van der Waals surface area contributed by atoms with Gasteiger partial charge in [-0.25, -0.2) is 14.4 Å². The maximum Gasteiger partial charge on any atom is 0.410 e. The zero-order chi connectivity index (χ0) is 73.7. The maximum atomic E-state index is 13.8. The highest BCUT2D eigenvalue weighted by atomic mass is 16.6. The van der Waals surface area contributed by atoms with Gasteiger partial charge in [0, 0.05) is 109 Å². The molecule has 0 radical (unpaired) electrons. The number of carboxylic acid groups (broad SMARTS) is 1. The number of likely N-dealkylation sites (N-methyl/N-ethyl adjacent to an activating group) is 3. The van der Waals surface area contributed by atoms with Crippen molar-refractivity contribution in [3.63, 3.8) is 0 Å². The van der Waals surface area contributed by atoms with E-state index in [2.05, 4.69) is 34.7 Å². The first-order chi connectivity index (χ1) is 46.2. The molecule has 0 saturated carbocycles. The van der Waals surface area contributed by atoms with E-state index in [0.717, 1.165) is 23.3 Å². The molecule has 98 heavy (non-hydrogen) atoms. The van der Waals surface area contributed by atoms with Crippen molar-refractivity contribution in [2.24, 2.45) is 47.2 Å². The molecular weight excluding hydrogens is 1260 g/mol. The summed E-state index contributed by atoms with van der Waals surface area (Å²) in [5, 5.41) is 17.8. The average Bonchev–Trinajstić information content (AvgIpc) is 1.54. The molecule has 1 saturated heterocycles. The van der Waals surface area contributed by atoms with Gasteiger partial charge < -0.3 is 60.6 Å². The number of primary amides is 1. The van der Waals surface area contributed by atoms with Crippen molar-refractivity contribution in [3.8, 4) is 0 Å². The van der Waals surface area contributed by atoms with Crippen LogP contribution < -0.4 is 21.7 Å². The molecule has 25 nitrogen and oxygen atoms in total. The lowest BCUT2D eigenvalue weighted by Gasteiger charge is -2.38. The van der Waals surface area contributed by atoms with Crippen LogP contribution in [-0.2, 0) is 75.2 Å². The van der Waals surface area contributed by atoms with Crippen LogP contribution >= 0.6 is 0 Å². The molecule has 6 N–H and O–H groups in total. The minimum Gasteiger partial charge on any atom is -0.480 e. The van der Waals surface area contributed by atoms with Crippen molar-refractivity contribution < 1.29 is 76.9 Å². The number of carboxylic acids is 1. The smallest absolute Gasteiger partial charge is 0.410 e. The molecule has 0 unspecified atom stereocenters. The molecule has 1 fully saturated rings. The first-order valence-corrected chi connectivity index (χ1v) is 34.5. The van der Waals surface area contributed by atoms with E-state index < -0.39 is 71.9 Å². The molecule has 2 heterocycles. The molecule has 2 aromatic carbocycles. The number of anilines is 1. The van der Waals surface area contributed by atoms with E-state index in [0.29, 0.717) is 55.8 Å². The monoisotopic (exact) mass is 1370 g/mol. The Morgan fingerprint density at radius 2 is 1.32 bits per heavy atom. The number of amides is 9. The summed E-state index contributed by atoms with van der Waals surface area (Å²) in [6.45, 7) is 19.5. The third kappa shape index (κ3) is 26.4. The Labute approximate surface area is 580 Å². The van der Waals surface area contributed by atoms with E-state index in [1.165, 1.54) is 43.0 Å². The lowest BCUT2D eigenvalue weighted by molar-refractivity contribution is -0.145. The minimum absolute atomic E-state index is 0.0170. The lowest BCUT2D eigenvalue weighted by atomic mass is 9.84. The Morgan fingerprint density at radius 1 is 0.714 bits per heavy atom. The van der Waals surface area contributed by atoms with Crippen LogP contribution in [0.1, 0.15) is 157 Å². The summed E-state index contributed by atoms with van der Waals surface area (Å²) in [6, 6.07) is 12.3. The van der Waals surface area contributed by atoms with Gasteiger partial charge in [0.15, 0.2) is 11.6 Å². The molecule has 9 amide bonds. The van der Waals surface area contributed by atoms with Crippen LogP contribution in [0.3, 0.4) is 0 Å². The quantitative estimate of drug-likeness (QED) is 0.0312. The Hall–Kier alpha value is -7.90. The second-order valence-electron chi connectivity index (χ2n) is 27.3. The van der Waals surface area contributed by atoms with Crippen LogP contribution in [0.5, 0.6) is 0 Å². The van der Waals surface area contributed by atoms with Gasteiger partial charge in [0.05, 0.1) is 42.7 Å². The van der Waals surface area contributed by atoms with E-state index in [1.54, 1.807) is 45.3 Å². The highest BCUT2D eigenvalue weighted by Gasteiger charge is 2.43. The molecule has 11 atom stereocenters. The summed E-state index contributed by atoms with van der Waals surface area (Å²) < 4.78 is 17.1. The Bertz CT molecular complexity index is 2980. The molecule has 0 bridgehead atoms. The number of nitrogens with one attached hydrogen (secondary N) is 3. The fourth-order valence-electron chi connectivity index (χ4n) is 13.2. The molecule has 546 valence electrons. The summed E-state index contributed by atoms with van der Waals surface area (Å²) in [7, 11) is 10.3. The van der Waals surface area contributed by atoms with E-state index in [1.807, 2.05) is 90.9 Å². The minimum atomic E-state index is -1.09. The van der Waals surface area contributed by atoms with Gasteiger partial charge in [0.25, 0.3) is 11.8 Å². The van der Waals surface area contributed by atoms with Gasteiger partial charge in [-0.1, -0.05) is 118 Å². The normalized spacial score (nSPS) is 16.8. The zero-order valence-electron chi connectivity index (χ0n) is 60.8. The predicted octanol–water partition coefficient (Wildman–Crippen LogP) is 7.85. The van der Waals surface area contributed by atoms with Gasteiger partial charge >= 0.3 is 18.1 Å². The molecule has 4 rings (SSSR count). The number of likely N-dealkylation sites (tertiary alicyclic amines) is 1. The summed E-state index contributed by atoms with van der Waals surface area (Å²) in [6.07, 6.45) is 6.17. The number of unbranched alkanes of at least 4 members (excludes halogenated alkanes) is 2. The van der Waals surface area contributed by atoms with Crippen molar-refractivity contribution in [2.45, 2.75) is 202 Å². The number of nitrogens with two attached hydrogens (primary N) is 1. The zero-order valence-corrected chi connectivity index (χ0v) is 60.8. The molecular formula is C73H113N9O16. The molecule has 0 aliphatic carbocycles. The SMILES string of the molecule is CC(=O)[C@@H](CC(=O)[C@H](C(C)C)N(C)C(=O)OCc1ccc(NC(=O)[C@H](CCCNC(N)=O)CC(=O)[C@H](C(C)C)N(C)C(=O)CCCCCN2C(=O)C=CC2=O)cc1)C(C)C.CC[C@H](C)[C@@H]([C@@H](CC(=O)N1CCC[C@H]1[C@H](OC)[C@@H](C)C(=O)N[C@@H](Cc1ccccc1)C(=O)O)OC)N(C)C. The Kier molecular flexibility index (Phi) is 36.3. The van der Waals surface area contributed by atoms with Crippen LogP contribution in [0.2, 0.25) is 0 Å². The molecule has 2 aliphatic heterocycles. The third-order valence-corrected chi connectivity index (χ3v) is 18.7. The van der Waals surface area contributed by atoms with E-state index >= 15 is 0 Å². The molecule has 2 aromatic rings. The number of aliphatic carboxylic acids is 1. The predicted molar refractivity (Wildman–Crippen MR) is 373 cm³/mol. The number of carbonyl (C=O) groups excluding carboxylic acids is 11. The number of hydrogen-bond donors (Lipinski definition) is 5. The van der Waals surface area contributed by atoms with Crippen molar-refractivity contribution in [3.05, 3.63) is 77.9 Å². The molecule has 0 aromatic heterocycles. The van der Waals surface area contributed by atoms with Crippen LogP contribution in [0, 0.1) is 41.4 Å². The van der Waals surface area contributed by atoms with Crippen molar-refractivity contribution in [2.75, 3.05) is 67.4 Å². The number of carbonyl (C=O) groups is 12. The van der Waals surface area contributed by atoms with E-state index in [4.69, 9.17) is 19.9 Å². The Morgan fingerprint density at radius 3 is 1.85 bits per heavy atom. The van der Waals surface area contributed by atoms with E-state index in [9.17, 15) is 62.6 Å². The lowest BCUT2D eigenvalue weighted by Crippen LogP contribution is -2.53. The van der Waals surface area contributed by atoms with Crippen LogP contribution in [0.15, 0.2) is 66.7 Å². The number of nitrogens with zero attached hydrogens (tertiary/aromatic N) is 5. The number of benzene rings is 2. The van der Waals surface area contributed by atoms with Crippen molar-refractivity contribution >= 4 is 76.6 Å². The van der Waals surface area contributed by atoms with Crippen molar-refractivity contribution in [1.29, 1.82) is 0 Å². The second kappa shape index (κ2) is 42.1. The second-order valence-corrected chi connectivity index (χ2v) is 27.3. The third-order valence-electron chi connectivity index (χ3n) is 18.7. The highest BCUT2D eigenvalue weighted by molar-refractivity contribution is 6.12. The molecule has 2 aliphatic rings. The first kappa shape index (κ1) is 84.3. The molecule has 0 spiro atoms. The highest BCUT2D eigenvalue weighted by Crippen LogP contribution is 2.30. The number of urea groups is 1. The number of Topliss-reactive ketones (excluding diaryl/α,β-unsaturated/α-hetero) is 3. The number of hydrogen-bond acceptors (Lipinski definition) is 16. The van der Waals surface area contributed by atoms with Gasteiger partial charge in [-0.15, -0.1) is 0 Å². The van der Waals surface area contributed by atoms with Gasteiger partial charge in [0.1, 0.15) is 18.4 Å². The number of methoxy groups -OCH3 is 2. The standard InChI is InChI=1S/C44H66N6O10.C29H47N3O6/c1-27(2)34(30(7)51)25-36(53)41(29(5)6)49(9)44(59)60-26-31-16-18-33(19-17-31)47-42(57)32(14-13-22-46-43(45)58)24-35(52)40(28(3)4)48(8)37(54)15-11-10-12-23-50-38(55)20-21-39(50)56;1-8-19(2)26(31(4)5)24(37-6)18-25(33)32-16-12-15-23(32)27(38-7)20(3)28(34)30-22(29(35)36)17-21-13-10-9-11-14-21/h16-21,27-29,32,34,40-41H,10-15,22-26H2,1-9H3,(H,47,57)(H3,45,46,58);9-11,13-14,19-20,22-24,26-27H,8,12,15-18H2,1-7H3,(H,30,34)(H,35,36)/t32-,34+,40+,41+;19-,20+,22-,23-,24+,26-,27+/m10/s1. The average molecular weight is 1370 g/mol. The first-order valence-electron chi connectivity index (χ1n) is 34.5. The number of ether oxygens (including phenoxy) is 3. The molecule has 25 heteroatoms.